The largest absolute Gasteiger partial charge is 0.377 e. The topological polar surface area (TPSA) is 41.1 Å². The lowest BCUT2D eigenvalue weighted by Gasteiger charge is -2.37. The second-order valence-corrected chi connectivity index (χ2v) is 7.17. The highest BCUT2D eigenvalue weighted by Crippen LogP contribution is 2.50. The lowest BCUT2D eigenvalue weighted by atomic mass is 9.79. The molecule has 1 aromatic carbocycles. The van der Waals surface area contributed by atoms with Crippen LogP contribution in [0.3, 0.4) is 0 Å². The maximum atomic E-state index is 11.6. The Kier molecular flexibility index (Phi) is 3.69. The molecule has 2 heterocycles. The Labute approximate surface area is 140 Å². The van der Waals surface area contributed by atoms with Gasteiger partial charge in [-0.3, -0.25) is 4.79 Å². The summed E-state index contributed by atoms with van der Waals surface area (Å²) in [5.41, 5.74) is 3.38. The Hall–Kier alpha value is -2.07. The van der Waals surface area contributed by atoms with Gasteiger partial charge in [-0.2, -0.15) is 0 Å². The van der Waals surface area contributed by atoms with E-state index >= 15 is 0 Å². The molecule has 1 aliphatic heterocycles. The molecule has 3 nitrogen and oxygen atoms in total. The summed E-state index contributed by atoms with van der Waals surface area (Å²) in [6.07, 6.45) is 6.23. The fraction of sp³-hybridized carbons (Fsp3) is 0.316. The fourth-order valence-electron chi connectivity index (χ4n) is 3.67. The van der Waals surface area contributed by atoms with Crippen LogP contribution in [-0.4, -0.2) is 5.91 Å². The summed E-state index contributed by atoms with van der Waals surface area (Å²) >= 11 is 1.82. The van der Waals surface area contributed by atoms with Crippen LogP contribution >= 0.6 is 11.3 Å². The summed E-state index contributed by atoms with van der Waals surface area (Å²) in [6.45, 7) is 1.87. The predicted molar refractivity (Wildman–Crippen MR) is 96.0 cm³/mol. The number of thiophene rings is 1. The molecule has 4 heteroatoms. The van der Waals surface area contributed by atoms with Gasteiger partial charge in [0.1, 0.15) is 0 Å². The van der Waals surface area contributed by atoms with Gasteiger partial charge in [0.05, 0.1) is 6.04 Å². The molecular formula is C19H20N2OS. The minimum absolute atomic E-state index is 0.0590. The normalized spacial score (nSPS) is 24.7. The summed E-state index contributed by atoms with van der Waals surface area (Å²) in [7, 11) is 0. The molecule has 0 saturated carbocycles. The molecule has 1 aromatic heterocycles. The van der Waals surface area contributed by atoms with Crippen molar-refractivity contribution in [1.29, 1.82) is 0 Å². The van der Waals surface area contributed by atoms with Crippen molar-refractivity contribution >= 4 is 28.6 Å². The van der Waals surface area contributed by atoms with E-state index < -0.39 is 0 Å². The van der Waals surface area contributed by atoms with E-state index in [2.05, 4.69) is 52.4 Å². The number of rotatable bonds is 3. The molecule has 0 bridgehead atoms. The van der Waals surface area contributed by atoms with Gasteiger partial charge in [0.2, 0.25) is 5.91 Å². The zero-order valence-corrected chi connectivity index (χ0v) is 13.9. The van der Waals surface area contributed by atoms with E-state index in [0.29, 0.717) is 24.3 Å². The van der Waals surface area contributed by atoms with Gasteiger partial charge in [-0.05, 0) is 47.5 Å². The minimum Gasteiger partial charge on any atom is -0.377 e. The van der Waals surface area contributed by atoms with Crippen molar-refractivity contribution in [1.82, 2.24) is 0 Å². The number of carbonyl (C=O) groups is 1. The standard InChI is InChI=1S/C19H20N2OS/c1-2-18(22)20-12-8-9-16-15(11-12)13-5-3-6-14(13)19(21-16)17-7-4-10-23-17/h3-5,7-11,13-14,19,21H,2,6H2,1H3,(H,20,22). The molecule has 23 heavy (non-hydrogen) atoms. The van der Waals surface area contributed by atoms with Crippen LogP contribution in [0.4, 0.5) is 11.4 Å². The second kappa shape index (κ2) is 5.85. The molecule has 3 unspecified atom stereocenters. The van der Waals surface area contributed by atoms with Crippen molar-refractivity contribution in [2.75, 3.05) is 10.6 Å². The third-order valence-corrected chi connectivity index (χ3v) is 5.77. The monoisotopic (exact) mass is 324 g/mol. The second-order valence-electron chi connectivity index (χ2n) is 6.19. The van der Waals surface area contributed by atoms with Crippen LogP contribution in [0, 0.1) is 5.92 Å². The zero-order valence-electron chi connectivity index (χ0n) is 13.1. The summed E-state index contributed by atoms with van der Waals surface area (Å²) in [4.78, 5) is 13.0. The molecule has 0 radical (unpaired) electrons. The minimum atomic E-state index is 0.0590. The lowest BCUT2D eigenvalue weighted by Crippen LogP contribution is -2.28. The van der Waals surface area contributed by atoms with Gasteiger partial charge < -0.3 is 10.6 Å². The van der Waals surface area contributed by atoms with Gasteiger partial charge in [-0.25, -0.2) is 0 Å². The first-order valence-electron chi connectivity index (χ1n) is 8.16. The molecule has 1 aliphatic carbocycles. The van der Waals surface area contributed by atoms with Crippen molar-refractivity contribution in [3.8, 4) is 0 Å². The molecule has 2 N–H and O–H groups in total. The number of fused-ring (bicyclic) bond motifs is 3. The number of benzene rings is 1. The number of amides is 1. The first-order chi connectivity index (χ1) is 11.3. The van der Waals surface area contributed by atoms with Gasteiger partial charge in [0, 0.05) is 28.6 Å². The highest BCUT2D eigenvalue weighted by atomic mass is 32.1. The fourth-order valence-corrected chi connectivity index (χ4v) is 4.52. The number of nitrogens with one attached hydrogen (secondary N) is 2. The Morgan fingerprint density at radius 1 is 1.39 bits per heavy atom. The molecule has 2 aromatic rings. The molecule has 0 saturated heterocycles. The van der Waals surface area contributed by atoms with Crippen LogP contribution in [0.1, 0.15) is 42.2 Å². The number of hydrogen-bond acceptors (Lipinski definition) is 3. The summed E-state index contributed by atoms with van der Waals surface area (Å²) in [5, 5.41) is 8.84. The first kappa shape index (κ1) is 14.5. The van der Waals surface area contributed by atoms with Crippen LogP contribution < -0.4 is 10.6 Å². The third-order valence-electron chi connectivity index (χ3n) is 4.82. The quantitative estimate of drug-likeness (QED) is 0.787. The van der Waals surface area contributed by atoms with Crippen LogP contribution in [0.25, 0.3) is 0 Å². The molecule has 4 rings (SSSR count). The maximum absolute atomic E-state index is 11.6. The Morgan fingerprint density at radius 3 is 3.09 bits per heavy atom. The van der Waals surface area contributed by atoms with E-state index in [1.54, 1.807) is 0 Å². The van der Waals surface area contributed by atoms with E-state index in [1.807, 2.05) is 24.3 Å². The van der Waals surface area contributed by atoms with E-state index in [-0.39, 0.29) is 5.91 Å². The van der Waals surface area contributed by atoms with Gasteiger partial charge in [-0.15, -0.1) is 11.3 Å². The van der Waals surface area contributed by atoms with Crippen LogP contribution in [-0.2, 0) is 4.79 Å². The summed E-state index contributed by atoms with van der Waals surface area (Å²) in [6, 6.07) is 10.9. The summed E-state index contributed by atoms with van der Waals surface area (Å²) < 4.78 is 0. The molecule has 0 fully saturated rings. The van der Waals surface area contributed by atoms with Gasteiger partial charge >= 0.3 is 0 Å². The SMILES string of the molecule is CCC(=O)Nc1ccc2c(c1)C1C=CCC1C(c1cccs1)N2. The zero-order chi connectivity index (χ0) is 15.8. The van der Waals surface area contributed by atoms with E-state index in [1.165, 1.54) is 16.1 Å². The Balaban J connectivity index is 1.69. The van der Waals surface area contributed by atoms with Crippen molar-refractivity contribution in [2.45, 2.75) is 31.7 Å². The number of allylic oxidation sites excluding steroid dienone is 2. The molecule has 118 valence electrons. The predicted octanol–water partition coefficient (Wildman–Crippen LogP) is 4.92. The molecular weight excluding hydrogens is 304 g/mol. The van der Waals surface area contributed by atoms with Gasteiger partial charge in [0.15, 0.2) is 0 Å². The maximum Gasteiger partial charge on any atom is 0.224 e. The lowest BCUT2D eigenvalue weighted by molar-refractivity contribution is -0.115. The molecule has 2 aliphatic rings. The average Bonchev–Trinajstić information content (AvgIpc) is 3.25. The Morgan fingerprint density at radius 2 is 2.30 bits per heavy atom. The molecule has 0 spiro atoms. The highest BCUT2D eigenvalue weighted by Gasteiger charge is 2.38. The van der Waals surface area contributed by atoms with Crippen molar-refractivity contribution in [3.63, 3.8) is 0 Å². The highest BCUT2D eigenvalue weighted by molar-refractivity contribution is 7.10. The number of carbonyl (C=O) groups excluding carboxylic acids is 1. The smallest absolute Gasteiger partial charge is 0.224 e. The molecule has 1 amide bonds. The van der Waals surface area contributed by atoms with Crippen LogP contribution in [0.5, 0.6) is 0 Å². The summed E-state index contributed by atoms with van der Waals surface area (Å²) in [5.74, 6) is 1.04. The first-order valence-corrected chi connectivity index (χ1v) is 9.04. The molecule has 3 atom stereocenters. The van der Waals surface area contributed by atoms with Crippen molar-refractivity contribution in [3.05, 3.63) is 58.3 Å². The van der Waals surface area contributed by atoms with Gasteiger partial charge in [-0.1, -0.05) is 25.1 Å². The van der Waals surface area contributed by atoms with Crippen LogP contribution in [0.2, 0.25) is 0 Å². The Bertz CT molecular complexity index is 751. The third kappa shape index (κ3) is 2.57. The van der Waals surface area contributed by atoms with Crippen LogP contribution in [0.15, 0.2) is 47.9 Å². The van der Waals surface area contributed by atoms with Gasteiger partial charge in [0.25, 0.3) is 0 Å². The van der Waals surface area contributed by atoms with Crippen molar-refractivity contribution in [2.24, 2.45) is 5.92 Å². The number of hydrogen-bond donors (Lipinski definition) is 2. The van der Waals surface area contributed by atoms with E-state index in [9.17, 15) is 4.79 Å². The average molecular weight is 324 g/mol. The number of anilines is 2. The van der Waals surface area contributed by atoms with Crippen molar-refractivity contribution < 1.29 is 4.79 Å². The van der Waals surface area contributed by atoms with E-state index in [0.717, 1.165) is 12.1 Å². The van der Waals surface area contributed by atoms with E-state index in [4.69, 9.17) is 0 Å².